The number of allylic oxidation sites excluding steroid dienone is 2. The minimum Gasteiger partial charge on any atom is -0.494 e. The maximum absolute atomic E-state index is 13.8. The van der Waals surface area contributed by atoms with Gasteiger partial charge in [0.05, 0.1) is 41.7 Å². The van der Waals surface area contributed by atoms with Gasteiger partial charge in [0.2, 0.25) is 17.8 Å². The fourth-order valence-corrected chi connectivity index (χ4v) is 7.80. The fourth-order valence-electron chi connectivity index (χ4n) is 7.80. The molecular formula is C45H51N13O9. The summed E-state index contributed by atoms with van der Waals surface area (Å²) in [6.07, 6.45) is 6.06. The van der Waals surface area contributed by atoms with Crippen LogP contribution in [0.2, 0.25) is 0 Å². The second kappa shape index (κ2) is 20.4. The second-order valence-electron chi connectivity index (χ2n) is 15.5. The Hall–Kier alpha value is -8.14. The molecule has 0 unspecified atom stereocenters. The molecule has 0 spiro atoms. The Morgan fingerprint density at radius 3 is 2.24 bits per heavy atom. The summed E-state index contributed by atoms with van der Waals surface area (Å²) in [6, 6.07) is 9.78. The van der Waals surface area contributed by atoms with Crippen molar-refractivity contribution in [2.24, 2.45) is 11.6 Å². The molecule has 0 aliphatic carbocycles. The summed E-state index contributed by atoms with van der Waals surface area (Å²) in [5, 5.41) is 24.8. The maximum Gasteiger partial charge on any atom is 0.356 e. The van der Waals surface area contributed by atoms with E-state index in [2.05, 4.69) is 25.7 Å². The number of amides is 3. The van der Waals surface area contributed by atoms with Gasteiger partial charge >= 0.3 is 11.9 Å². The topological polar surface area (TPSA) is 294 Å². The third kappa shape index (κ3) is 10.1. The summed E-state index contributed by atoms with van der Waals surface area (Å²) in [7, 11) is 1.44. The lowest BCUT2D eigenvalue weighted by Crippen LogP contribution is -2.25. The molecule has 0 saturated carbocycles. The Balaban J connectivity index is 1.28. The van der Waals surface area contributed by atoms with Crippen molar-refractivity contribution in [2.75, 3.05) is 25.6 Å². The van der Waals surface area contributed by atoms with Crippen LogP contribution in [0.5, 0.6) is 11.5 Å². The number of benzene rings is 2. The number of methoxy groups -OCH3 is 1. The summed E-state index contributed by atoms with van der Waals surface area (Å²) >= 11 is 0. The molecule has 0 aliphatic heterocycles. The third-order valence-corrected chi connectivity index (χ3v) is 10.8. The summed E-state index contributed by atoms with van der Waals surface area (Å²) in [5.74, 6) is 3.24. The van der Waals surface area contributed by atoms with Crippen LogP contribution in [0.15, 0.2) is 54.7 Å². The normalized spacial score (nSPS) is 11.5. The number of imidazole rings is 1. The number of carbonyl (C=O) groups is 5. The Morgan fingerprint density at radius 1 is 0.821 bits per heavy atom. The van der Waals surface area contributed by atoms with Crippen molar-refractivity contribution in [3.05, 3.63) is 83.0 Å². The number of nitrogens with one attached hydrogen (secondary N) is 2. The van der Waals surface area contributed by atoms with E-state index in [9.17, 15) is 24.0 Å². The average molecular weight is 918 g/mol. The summed E-state index contributed by atoms with van der Waals surface area (Å²) in [4.78, 5) is 81.1. The molecule has 67 heavy (non-hydrogen) atoms. The number of nitrogens with two attached hydrogens (primary N) is 2. The van der Waals surface area contributed by atoms with E-state index in [1.54, 1.807) is 40.6 Å². The van der Waals surface area contributed by atoms with Crippen LogP contribution in [0.25, 0.3) is 44.5 Å². The first-order valence-corrected chi connectivity index (χ1v) is 21.5. The van der Waals surface area contributed by atoms with Crippen LogP contribution in [0, 0.1) is 13.8 Å². The van der Waals surface area contributed by atoms with Crippen LogP contribution >= 0.6 is 0 Å². The predicted molar refractivity (Wildman–Crippen MR) is 245 cm³/mol. The lowest BCUT2D eigenvalue weighted by Gasteiger charge is -2.13. The predicted octanol–water partition coefficient (Wildman–Crippen LogP) is 4.44. The number of carbonyl (C=O) groups excluding carboxylic acids is 4. The number of aliphatic carboxylic acids is 1. The van der Waals surface area contributed by atoms with Crippen molar-refractivity contribution >= 4 is 68.6 Å². The SMILES string of the molecule is CCn1nc(C)cc1C(=O)Nc1nc2cc(C(=O)ON)cc(OC)c2n1C/C=C/Cn1c2nc(-c3cc(C)nn3CC)ncc2c2cc(C(N)=O)cc(OCCCNC(=O)CCCC(=O)O)c21. The van der Waals surface area contributed by atoms with Crippen LogP contribution in [0.1, 0.15) is 82.1 Å². The van der Waals surface area contributed by atoms with E-state index in [-0.39, 0.29) is 74.2 Å². The highest BCUT2D eigenvalue weighted by atomic mass is 16.7. The first kappa shape index (κ1) is 46.8. The van der Waals surface area contributed by atoms with Crippen LogP contribution in [0.3, 0.4) is 0 Å². The smallest absolute Gasteiger partial charge is 0.356 e. The van der Waals surface area contributed by atoms with Gasteiger partial charge in [-0.2, -0.15) is 16.1 Å². The molecule has 350 valence electrons. The van der Waals surface area contributed by atoms with E-state index in [0.717, 1.165) is 5.69 Å². The molecule has 0 atom stereocenters. The second-order valence-corrected chi connectivity index (χ2v) is 15.5. The number of hydrogen-bond donors (Lipinski definition) is 5. The molecule has 5 aromatic heterocycles. The summed E-state index contributed by atoms with van der Waals surface area (Å²) < 4.78 is 19.1. The van der Waals surface area contributed by atoms with Gasteiger partial charge in [-0.05, 0) is 76.9 Å². The van der Waals surface area contributed by atoms with Gasteiger partial charge in [-0.25, -0.2) is 19.7 Å². The summed E-state index contributed by atoms with van der Waals surface area (Å²) in [6.45, 7) is 9.35. The highest BCUT2D eigenvalue weighted by Crippen LogP contribution is 2.37. The molecule has 0 aliphatic rings. The van der Waals surface area contributed by atoms with Gasteiger partial charge < -0.3 is 39.6 Å². The number of nitrogens with zero attached hydrogens (tertiary/aromatic N) is 9. The van der Waals surface area contributed by atoms with Gasteiger partial charge in [0.25, 0.3) is 5.91 Å². The zero-order valence-electron chi connectivity index (χ0n) is 37.7. The number of rotatable bonds is 21. The number of hydrogen-bond acceptors (Lipinski definition) is 14. The molecule has 0 radical (unpaired) electrons. The van der Waals surface area contributed by atoms with E-state index in [4.69, 9.17) is 41.2 Å². The Bertz CT molecular complexity index is 3070. The molecule has 22 heteroatoms. The number of aromatic nitrogens is 9. The van der Waals surface area contributed by atoms with E-state index in [1.807, 2.05) is 48.2 Å². The van der Waals surface area contributed by atoms with Crippen molar-refractivity contribution in [3.8, 4) is 23.0 Å². The zero-order valence-corrected chi connectivity index (χ0v) is 37.7. The highest BCUT2D eigenvalue weighted by molar-refractivity contribution is 6.12. The van der Waals surface area contributed by atoms with Crippen LogP contribution in [-0.2, 0) is 40.6 Å². The molecule has 0 bridgehead atoms. The molecule has 3 amide bonds. The van der Waals surface area contributed by atoms with Crippen molar-refractivity contribution < 1.29 is 43.4 Å². The number of primary amides is 1. The largest absolute Gasteiger partial charge is 0.494 e. The van der Waals surface area contributed by atoms with Crippen LogP contribution in [0.4, 0.5) is 5.95 Å². The molecule has 0 saturated heterocycles. The Kier molecular flexibility index (Phi) is 14.2. The van der Waals surface area contributed by atoms with Gasteiger partial charge in [0.1, 0.15) is 34.1 Å². The van der Waals surface area contributed by atoms with Gasteiger partial charge in [-0.15, -0.1) is 0 Å². The van der Waals surface area contributed by atoms with E-state index >= 15 is 0 Å². The van der Waals surface area contributed by atoms with Crippen molar-refractivity contribution in [2.45, 2.75) is 79.6 Å². The maximum atomic E-state index is 13.8. The molecule has 7 aromatic rings. The van der Waals surface area contributed by atoms with Crippen LogP contribution < -0.4 is 31.7 Å². The molecule has 0 fully saturated rings. The number of carboxylic acids is 1. The monoisotopic (exact) mass is 917 g/mol. The number of anilines is 1. The number of ether oxygens (including phenoxy) is 2. The molecule has 7 N–H and O–H groups in total. The van der Waals surface area contributed by atoms with Gasteiger partial charge in [-0.3, -0.25) is 33.9 Å². The lowest BCUT2D eigenvalue weighted by molar-refractivity contribution is -0.137. The van der Waals surface area contributed by atoms with Gasteiger partial charge in [0.15, 0.2) is 5.82 Å². The first-order chi connectivity index (χ1) is 32.2. The van der Waals surface area contributed by atoms with Gasteiger partial charge in [-0.1, -0.05) is 12.2 Å². The number of aryl methyl sites for hydroxylation is 4. The van der Waals surface area contributed by atoms with E-state index in [1.165, 1.54) is 19.2 Å². The third-order valence-electron chi connectivity index (χ3n) is 10.8. The minimum absolute atomic E-state index is 0.0849. The molecule has 5 heterocycles. The van der Waals surface area contributed by atoms with Gasteiger partial charge in [0, 0.05) is 68.1 Å². The molecular weight excluding hydrogens is 867 g/mol. The lowest BCUT2D eigenvalue weighted by atomic mass is 10.1. The summed E-state index contributed by atoms with van der Waals surface area (Å²) in [5.41, 5.74) is 10.5. The highest BCUT2D eigenvalue weighted by Gasteiger charge is 2.24. The van der Waals surface area contributed by atoms with E-state index in [0.29, 0.717) is 81.1 Å². The minimum atomic E-state index is -0.966. The quantitative estimate of drug-likeness (QED) is 0.0378. The molecule has 2 aromatic carbocycles. The average Bonchev–Trinajstić information content (AvgIpc) is 4.07. The van der Waals surface area contributed by atoms with Crippen molar-refractivity contribution in [1.82, 2.24) is 49.0 Å². The van der Waals surface area contributed by atoms with Crippen molar-refractivity contribution in [1.29, 1.82) is 0 Å². The fraction of sp³-hybridized carbons (Fsp3) is 0.333. The van der Waals surface area contributed by atoms with Crippen molar-refractivity contribution in [3.63, 3.8) is 0 Å². The Labute approximate surface area is 382 Å². The Morgan fingerprint density at radius 2 is 1.54 bits per heavy atom. The van der Waals surface area contributed by atoms with E-state index < -0.39 is 23.8 Å². The zero-order chi connectivity index (χ0) is 47.9. The van der Waals surface area contributed by atoms with Crippen LogP contribution in [-0.4, -0.2) is 98.7 Å². The molecule has 7 rings (SSSR count). The number of fused-ring (bicyclic) bond motifs is 4. The first-order valence-electron chi connectivity index (χ1n) is 21.5. The molecule has 22 nitrogen and oxygen atoms in total. The standard InChI is InChI=1S/C45H51N13O9/c1-6-57-32(18-25(3)53-57)41-49-24-30-29-20-27(40(46)62)22-35(66-17-11-14-48-36(59)12-10-13-37(60)61)38(29)55(42(30)51-41)15-8-9-16-56-39-31(21-28(44(64)67-47)23-34(39)65-5)50-45(56)52-43(63)33-19-26(4)54-58(33)7-2/h8-9,18-24H,6-7,10-17,47H2,1-5H3,(H2,46,62)(H,48,59)(H,60,61)(H,50,52,63)/b9-8+. The number of carboxylic acid groups (broad SMARTS) is 1.